The second kappa shape index (κ2) is 52.8. The molecule has 0 saturated heterocycles. The van der Waals surface area contributed by atoms with Gasteiger partial charge in [-0.25, -0.2) is 0 Å². The molecule has 0 aromatic heterocycles. The molecule has 0 radical (unpaired) electrons. The van der Waals surface area contributed by atoms with Crippen molar-refractivity contribution in [1.29, 1.82) is 0 Å². The van der Waals surface area contributed by atoms with Gasteiger partial charge in [0.2, 0.25) is 5.91 Å². The first kappa shape index (κ1) is 69.0. The van der Waals surface area contributed by atoms with E-state index in [9.17, 15) is 19.4 Å². The smallest absolute Gasteiger partial charge is 0.268 e. The van der Waals surface area contributed by atoms with Crippen molar-refractivity contribution in [2.45, 2.75) is 321 Å². The highest BCUT2D eigenvalue weighted by Crippen LogP contribution is 2.38. The number of carbonyl (C=O) groups excluding carboxylic acids is 1. The standard InChI is InChI=1S/C61H121N2O6P/c1-6-8-10-12-14-16-18-20-22-24-25-26-27-28-29-30-31-32-33-34-35-36-37-39-40-42-44-46-48-50-52-54-60(64)59(58-69-70(66,67)68-57-56-63(3,4)5)62-61(65)55-53-51-49-47-45-43-41-38-23-21-19-17-15-13-11-9-7-2/h21,23,52,54,59-60,64H,6-20,22,24-51,53,55-58H2,1-5H3,(H-,62,65,66,67)/b23-21-,54-52+. The highest BCUT2D eigenvalue weighted by Gasteiger charge is 2.23. The number of aliphatic hydroxyl groups is 1. The topological polar surface area (TPSA) is 108 Å². The molecule has 0 aliphatic rings. The quantitative estimate of drug-likeness (QED) is 0.0272. The summed E-state index contributed by atoms with van der Waals surface area (Å²) in [5.74, 6) is -0.198. The van der Waals surface area contributed by atoms with Gasteiger partial charge in [0.25, 0.3) is 7.82 Å². The van der Waals surface area contributed by atoms with E-state index in [2.05, 4.69) is 31.3 Å². The van der Waals surface area contributed by atoms with Crippen LogP contribution in [0.4, 0.5) is 0 Å². The molecule has 0 spiro atoms. The number of rotatable bonds is 57. The number of hydrogen-bond acceptors (Lipinski definition) is 6. The normalized spacial score (nSPS) is 14.0. The van der Waals surface area contributed by atoms with Gasteiger partial charge in [-0.05, 0) is 44.9 Å². The molecular formula is C61H121N2O6P. The zero-order valence-corrected chi connectivity index (χ0v) is 48.4. The minimum Gasteiger partial charge on any atom is -0.756 e. The van der Waals surface area contributed by atoms with E-state index in [-0.39, 0.29) is 19.1 Å². The lowest BCUT2D eigenvalue weighted by molar-refractivity contribution is -0.870. The van der Waals surface area contributed by atoms with E-state index in [4.69, 9.17) is 9.05 Å². The van der Waals surface area contributed by atoms with Crippen LogP contribution in [0.15, 0.2) is 24.3 Å². The Morgan fingerprint density at radius 1 is 0.486 bits per heavy atom. The molecule has 70 heavy (non-hydrogen) atoms. The molecule has 8 nitrogen and oxygen atoms in total. The fourth-order valence-corrected chi connectivity index (χ4v) is 10.1. The van der Waals surface area contributed by atoms with E-state index in [1.807, 2.05) is 27.2 Å². The summed E-state index contributed by atoms with van der Waals surface area (Å²) >= 11 is 0. The summed E-state index contributed by atoms with van der Waals surface area (Å²) < 4.78 is 23.4. The SMILES string of the molecule is CCCCCCCC/C=C\CCCCCCCCCC(=O)NC(COP(=O)([O-])OCC[N+](C)(C)C)C(O)/C=C/CCCCCCCCCCCCCCCCCCCCCCCCCCCCCCC. The summed E-state index contributed by atoms with van der Waals surface area (Å²) in [4.78, 5) is 25.5. The van der Waals surface area contributed by atoms with Crippen molar-refractivity contribution in [3.8, 4) is 0 Å². The van der Waals surface area contributed by atoms with Crippen molar-refractivity contribution in [1.82, 2.24) is 5.32 Å². The molecule has 9 heteroatoms. The maximum atomic E-state index is 13.0. The number of amides is 1. The van der Waals surface area contributed by atoms with Crippen LogP contribution >= 0.6 is 7.82 Å². The molecule has 2 N–H and O–H groups in total. The second-order valence-corrected chi connectivity index (χ2v) is 23.8. The first-order valence-electron chi connectivity index (χ1n) is 30.7. The summed E-state index contributed by atoms with van der Waals surface area (Å²) in [6.45, 7) is 4.68. The Balaban J connectivity index is 4.08. The fourth-order valence-electron chi connectivity index (χ4n) is 9.33. The number of likely N-dealkylation sites (N-methyl/N-ethyl adjacent to an activating group) is 1. The Labute approximate surface area is 436 Å². The molecule has 0 bridgehead atoms. The molecule has 1 amide bonds. The van der Waals surface area contributed by atoms with Crippen LogP contribution in [0.1, 0.15) is 309 Å². The lowest BCUT2D eigenvalue weighted by Gasteiger charge is -2.29. The van der Waals surface area contributed by atoms with Gasteiger partial charge in [-0.2, -0.15) is 0 Å². The van der Waals surface area contributed by atoms with Crippen LogP contribution in [0.3, 0.4) is 0 Å². The maximum Gasteiger partial charge on any atom is 0.268 e. The molecule has 0 aromatic rings. The van der Waals surface area contributed by atoms with Crippen LogP contribution < -0.4 is 10.2 Å². The van der Waals surface area contributed by atoms with E-state index < -0.39 is 20.0 Å². The highest BCUT2D eigenvalue weighted by molar-refractivity contribution is 7.45. The van der Waals surface area contributed by atoms with Gasteiger partial charge < -0.3 is 28.8 Å². The molecule has 416 valence electrons. The molecule has 0 saturated carbocycles. The Morgan fingerprint density at radius 3 is 1.11 bits per heavy atom. The predicted molar refractivity (Wildman–Crippen MR) is 302 cm³/mol. The third-order valence-electron chi connectivity index (χ3n) is 14.2. The van der Waals surface area contributed by atoms with Gasteiger partial charge in [-0.15, -0.1) is 0 Å². The Kier molecular flexibility index (Phi) is 52.1. The minimum absolute atomic E-state index is 0.000197. The zero-order chi connectivity index (χ0) is 51.3. The Morgan fingerprint density at radius 2 is 0.786 bits per heavy atom. The van der Waals surface area contributed by atoms with Gasteiger partial charge in [0.15, 0.2) is 0 Å². The minimum atomic E-state index is -4.60. The Bertz CT molecular complexity index is 1190. The number of unbranched alkanes of at least 4 members (excludes halogenated alkanes) is 42. The van der Waals surface area contributed by atoms with Gasteiger partial charge >= 0.3 is 0 Å². The summed E-state index contributed by atoms with van der Waals surface area (Å²) in [7, 11) is 1.27. The molecule has 0 fully saturated rings. The van der Waals surface area contributed by atoms with Crippen molar-refractivity contribution in [3.05, 3.63) is 24.3 Å². The third-order valence-corrected chi connectivity index (χ3v) is 15.1. The molecule has 3 unspecified atom stereocenters. The molecule has 3 atom stereocenters. The number of phosphoric ester groups is 1. The number of phosphoric acid groups is 1. The van der Waals surface area contributed by atoms with Crippen LogP contribution in [-0.2, 0) is 18.4 Å². The number of quaternary nitrogens is 1. The van der Waals surface area contributed by atoms with Crippen molar-refractivity contribution < 1.29 is 32.9 Å². The first-order valence-corrected chi connectivity index (χ1v) is 32.2. The van der Waals surface area contributed by atoms with E-state index in [1.165, 1.54) is 250 Å². The number of hydrogen-bond donors (Lipinski definition) is 2. The third kappa shape index (κ3) is 54.7. The van der Waals surface area contributed by atoms with E-state index >= 15 is 0 Å². The van der Waals surface area contributed by atoms with Gasteiger partial charge in [-0.3, -0.25) is 9.36 Å². The van der Waals surface area contributed by atoms with Gasteiger partial charge in [0.1, 0.15) is 13.2 Å². The highest BCUT2D eigenvalue weighted by atomic mass is 31.2. The van der Waals surface area contributed by atoms with Crippen LogP contribution in [0.2, 0.25) is 0 Å². The lowest BCUT2D eigenvalue weighted by Crippen LogP contribution is -2.45. The summed E-state index contributed by atoms with van der Waals surface area (Å²) in [5.41, 5.74) is 0. The second-order valence-electron chi connectivity index (χ2n) is 22.4. The number of nitrogens with zero attached hydrogens (tertiary/aromatic N) is 1. The van der Waals surface area contributed by atoms with Crippen LogP contribution in [0, 0.1) is 0 Å². The lowest BCUT2D eigenvalue weighted by atomic mass is 10.0. The number of nitrogens with one attached hydrogen (secondary N) is 1. The molecule has 0 heterocycles. The summed E-state index contributed by atoms with van der Waals surface area (Å²) in [6, 6.07) is -0.888. The number of carbonyl (C=O) groups is 1. The maximum absolute atomic E-state index is 13.0. The molecule has 0 rings (SSSR count). The molecule has 0 aromatic carbocycles. The summed E-state index contributed by atoms with van der Waals surface area (Å²) in [5, 5.41) is 13.9. The zero-order valence-electron chi connectivity index (χ0n) is 47.5. The summed E-state index contributed by atoms with van der Waals surface area (Å²) in [6.07, 6.45) is 67.0. The molecule has 0 aliphatic carbocycles. The van der Waals surface area contributed by atoms with Crippen molar-refractivity contribution in [2.75, 3.05) is 40.9 Å². The van der Waals surface area contributed by atoms with Gasteiger partial charge in [-0.1, -0.05) is 282 Å². The van der Waals surface area contributed by atoms with Gasteiger partial charge in [0, 0.05) is 6.42 Å². The van der Waals surface area contributed by atoms with Crippen molar-refractivity contribution in [2.24, 2.45) is 0 Å². The average molecular weight is 1010 g/mol. The molecule has 0 aliphatic heterocycles. The van der Waals surface area contributed by atoms with Crippen LogP contribution in [-0.4, -0.2) is 68.5 Å². The van der Waals surface area contributed by atoms with Crippen molar-refractivity contribution in [3.63, 3.8) is 0 Å². The van der Waals surface area contributed by atoms with E-state index in [1.54, 1.807) is 6.08 Å². The largest absolute Gasteiger partial charge is 0.756 e. The average Bonchev–Trinajstić information content (AvgIpc) is 3.32. The molecular weight excluding hydrogens is 888 g/mol. The van der Waals surface area contributed by atoms with Gasteiger partial charge in [0.05, 0.1) is 39.9 Å². The van der Waals surface area contributed by atoms with Crippen LogP contribution in [0.5, 0.6) is 0 Å². The Hall–Kier alpha value is -1.02. The monoisotopic (exact) mass is 1010 g/mol. The van der Waals surface area contributed by atoms with E-state index in [0.717, 1.165) is 38.5 Å². The fraction of sp³-hybridized carbons (Fsp3) is 0.918. The number of aliphatic hydroxyl groups excluding tert-OH is 1. The first-order chi connectivity index (χ1) is 34.0. The predicted octanol–water partition coefficient (Wildman–Crippen LogP) is 18.1. The van der Waals surface area contributed by atoms with Crippen LogP contribution in [0.25, 0.3) is 0 Å². The van der Waals surface area contributed by atoms with E-state index in [0.29, 0.717) is 17.4 Å². The number of allylic oxidation sites excluding steroid dienone is 3. The van der Waals surface area contributed by atoms with Crippen molar-refractivity contribution >= 4 is 13.7 Å².